The maximum absolute atomic E-state index is 12.2. The highest BCUT2D eigenvalue weighted by Crippen LogP contribution is 2.24. The fourth-order valence-electron chi connectivity index (χ4n) is 2.67. The van der Waals surface area contributed by atoms with Crippen molar-refractivity contribution >= 4 is 23.2 Å². The van der Waals surface area contributed by atoms with Crippen molar-refractivity contribution in [3.63, 3.8) is 0 Å². The molecule has 0 saturated heterocycles. The Morgan fingerprint density at radius 1 is 0.893 bits per heavy atom. The number of hydrogen-bond donors (Lipinski definition) is 1. The Morgan fingerprint density at radius 2 is 1.61 bits per heavy atom. The fourth-order valence-corrected chi connectivity index (χ4v) is 2.87. The second kappa shape index (κ2) is 10.5. The number of nitrogens with one attached hydrogen (secondary N) is 1. The van der Waals surface area contributed by atoms with Gasteiger partial charge in [-0.05, 0) is 29.3 Å². The molecule has 3 rings (SSSR count). The predicted molar refractivity (Wildman–Crippen MR) is 112 cm³/mol. The van der Waals surface area contributed by atoms with Crippen molar-refractivity contribution in [3.8, 4) is 5.75 Å². The van der Waals surface area contributed by atoms with Crippen LogP contribution >= 0.6 is 11.6 Å². The number of amides is 1. The summed E-state index contributed by atoms with van der Waals surface area (Å²) in [5.41, 5.74) is 2.68. The van der Waals surface area contributed by atoms with E-state index >= 15 is 0 Å². The zero-order valence-corrected chi connectivity index (χ0v) is 16.2. The monoisotopic (exact) mass is 395 g/mol. The van der Waals surface area contributed by atoms with E-state index < -0.39 is 0 Å². The van der Waals surface area contributed by atoms with E-state index in [1.807, 2.05) is 60.7 Å². The zero-order chi connectivity index (χ0) is 19.6. The van der Waals surface area contributed by atoms with Gasteiger partial charge >= 0.3 is 0 Å². The van der Waals surface area contributed by atoms with Crippen molar-refractivity contribution in [1.82, 2.24) is 0 Å². The van der Waals surface area contributed by atoms with Crippen LogP contribution in [0, 0.1) is 0 Å². The van der Waals surface area contributed by atoms with Crippen LogP contribution in [0.4, 0.5) is 5.69 Å². The Hall–Kier alpha value is -2.82. The summed E-state index contributed by atoms with van der Waals surface area (Å²) in [7, 11) is 0. The van der Waals surface area contributed by atoms with Crippen molar-refractivity contribution in [2.24, 2.45) is 0 Å². The van der Waals surface area contributed by atoms with Crippen molar-refractivity contribution in [3.05, 3.63) is 95.0 Å². The molecule has 0 aliphatic rings. The molecule has 0 unspecified atom stereocenters. The lowest BCUT2D eigenvalue weighted by atomic mass is 10.2. The predicted octanol–water partition coefficient (Wildman–Crippen LogP) is 5.12. The van der Waals surface area contributed by atoms with Gasteiger partial charge in [-0.3, -0.25) is 4.79 Å². The molecule has 3 aromatic carbocycles. The van der Waals surface area contributed by atoms with Crippen LogP contribution < -0.4 is 10.1 Å². The minimum Gasteiger partial charge on any atom is -0.491 e. The topological polar surface area (TPSA) is 47.6 Å². The summed E-state index contributed by atoms with van der Waals surface area (Å²) in [6.45, 7) is 0.742. The lowest BCUT2D eigenvalue weighted by molar-refractivity contribution is -0.121. The highest BCUT2D eigenvalue weighted by molar-refractivity contribution is 6.31. The van der Waals surface area contributed by atoms with Gasteiger partial charge in [0.1, 0.15) is 12.4 Å². The average Bonchev–Trinajstić information content (AvgIpc) is 2.71. The lowest BCUT2D eigenvalue weighted by Crippen LogP contribution is -2.19. The highest BCUT2D eigenvalue weighted by Gasteiger charge is 2.09. The van der Waals surface area contributed by atoms with E-state index in [1.54, 1.807) is 6.07 Å². The molecule has 0 radical (unpaired) electrons. The second-order valence-electron chi connectivity index (χ2n) is 6.21. The Labute approximate surface area is 170 Å². The minimum absolute atomic E-state index is 0.0659. The number of carbonyl (C=O) groups is 1. The van der Waals surface area contributed by atoms with Crippen LogP contribution in [0.2, 0.25) is 5.02 Å². The van der Waals surface area contributed by atoms with Crippen LogP contribution in [0.1, 0.15) is 11.1 Å². The third kappa shape index (κ3) is 6.12. The quantitative estimate of drug-likeness (QED) is 0.547. The van der Waals surface area contributed by atoms with Crippen LogP contribution in [-0.2, 0) is 22.6 Å². The molecule has 1 N–H and O–H groups in total. The molecule has 0 aliphatic heterocycles. The first kappa shape index (κ1) is 19.9. The summed E-state index contributed by atoms with van der Waals surface area (Å²) < 4.78 is 11.3. The first-order valence-corrected chi connectivity index (χ1v) is 9.47. The summed E-state index contributed by atoms with van der Waals surface area (Å²) in [5, 5.41) is 3.46. The van der Waals surface area contributed by atoms with Gasteiger partial charge in [-0.15, -0.1) is 0 Å². The molecule has 3 aromatic rings. The number of anilines is 1. The molecule has 4 nitrogen and oxygen atoms in total. The highest BCUT2D eigenvalue weighted by atomic mass is 35.5. The number of halogens is 1. The molecule has 0 bridgehead atoms. The maximum atomic E-state index is 12.2. The summed E-state index contributed by atoms with van der Waals surface area (Å²) >= 11 is 6.09. The van der Waals surface area contributed by atoms with E-state index in [1.165, 1.54) is 5.56 Å². The largest absolute Gasteiger partial charge is 0.491 e. The summed E-state index contributed by atoms with van der Waals surface area (Å²) in [6, 6.07) is 24.9. The van der Waals surface area contributed by atoms with Gasteiger partial charge in [-0.2, -0.15) is 0 Å². The van der Waals surface area contributed by atoms with Gasteiger partial charge < -0.3 is 14.8 Å². The van der Waals surface area contributed by atoms with E-state index in [0.29, 0.717) is 23.1 Å². The zero-order valence-electron chi connectivity index (χ0n) is 15.4. The van der Waals surface area contributed by atoms with Crippen molar-refractivity contribution in [2.45, 2.75) is 13.0 Å². The molecule has 0 fully saturated rings. The minimum atomic E-state index is -0.244. The molecular weight excluding hydrogens is 374 g/mol. The molecule has 0 saturated carbocycles. The van der Waals surface area contributed by atoms with E-state index in [9.17, 15) is 4.79 Å². The molecule has 0 aromatic heterocycles. The molecule has 1 amide bonds. The van der Waals surface area contributed by atoms with E-state index in [0.717, 1.165) is 12.0 Å². The molecular formula is C23H22ClNO3. The third-order valence-corrected chi connectivity index (χ3v) is 4.47. The first-order valence-electron chi connectivity index (χ1n) is 9.09. The van der Waals surface area contributed by atoms with Gasteiger partial charge in [0.2, 0.25) is 5.91 Å². The van der Waals surface area contributed by atoms with Crippen LogP contribution in [0.25, 0.3) is 0 Å². The van der Waals surface area contributed by atoms with Crippen molar-refractivity contribution in [1.29, 1.82) is 0 Å². The van der Waals surface area contributed by atoms with Crippen molar-refractivity contribution < 1.29 is 14.3 Å². The molecule has 28 heavy (non-hydrogen) atoms. The van der Waals surface area contributed by atoms with E-state index in [-0.39, 0.29) is 19.1 Å². The Balaban J connectivity index is 1.48. The number of benzene rings is 3. The number of ether oxygens (including phenoxy) is 2. The average molecular weight is 396 g/mol. The van der Waals surface area contributed by atoms with E-state index in [2.05, 4.69) is 17.4 Å². The van der Waals surface area contributed by atoms with Gasteiger partial charge in [0.25, 0.3) is 0 Å². The number of rotatable bonds is 9. The lowest BCUT2D eigenvalue weighted by Gasteiger charge is -2.13. The standard InChI is InChI=1S/C23H22ClNO3/c24-20-11-5-4-10-19(20)16-27-17-23(26)25-21-12-6-7-13-22(21)28-15-14-18-8-2-1-3-9-18/h1-13H,14-17H2,(H,25,26). The molecule has 0 spiro atoms. The van der Waals surface area contributed by atoms with E-state index in [4.69, 9.17) is 21.1 Å². The molecule has 0 heterocycles. The van der Waals surface area contributed by atoms with Crippen molar-refractivity contribution in [2.75, 3.05) is 18.5 Å². The summed E-state index contributed by atoms with van der Waals surface area (Å²) in [4.78, 5) is 12.2. The van der Waals surface area contributed by atoms with Gasteiger partial charge in [0.05, 0.1) is 18.9 Å². The maximum Gasteiger partial charge on any atom is 0.250 e. The van der Waals surface area contributed by atoms with Gasteiger partial charge in [-0.1, -0.05) is 72.3 Å². The van der Waals surface area contributed by atoms with Crippen LogP contribution in [0.15, 0.2) is 78.9 Å². The third-order valence-electron chi connectivity index (χ3n) is 4.10. The Kier molecular flexibility index (Phi) is 7.47. The molecule has 144 valence electrons. The van der Waals surface area contributed by atoms with Crippen LogP contribution in [0.5, 0.6) is 5.75 Å². The fraction of sp³-hybridized carbons (Fsp3) is 0.174. The first-order chi connectivity index (χ1) is 13.7. The molecule has 0 atom stereocenters. The molecule has 5 heteroatoms. The SMILES string of the molecule is O=C(COCc1ccccc1Cl)Nc1ccccc1OCCc1ccccc1. The number of para-hydroxylation sites is 2. The van der Waals surface area contributed by atoms with Gasteiger partial charge in [0, 0.05) is 11.4 Å². The summed E-state index contributed by atoms with van der Waals surface area (Å²) in [5.74, 6) is 0.393. The second-order valence-corrected chi connectivity index (χ2v) is 6.62. The number of carbonyl (C=O) groups excluding carboxylic acids is 1. The number of hydrogen-bond acceptors (Lipinski definition) is 3. The smallest absolute Gasteiger partial charge is 0.250 e. The Bertz CT molecular complexity index is 899. The summed E-state index contributed by atoms with van der Waals surface area (Å²) in [6.07, 6.45) is 0.796. The molecule has 0 aliphatic carbocycles. The van der Waals surface area contributed by atoms with Crippen LogP contribution in [-0.4, -0.2) is 19.1 Å². The van der Waals surface area contributed by atoms with Gasteiger partial charge in [0.15, 0.2) is 0 Å². The normalized spacial score (nSPS) is 10.5. The van der Waals surface area contributed by atoms with Gasteiger partial charge in [-0.25, -0.2) is 0 Å². The van der Waals surface area contributed by atoms with Crippen LogP contribution in [0.3, 0.4) is 0 Å². The Morgan fingerprint density at radius 3 is 2.43 bits per heavy atom.